The fraction of sp³-hybridized carbons (Fsp3) is 0.379. The minimum atomic E-state index is -1.51. The zero-order valence-corrected chi connectivity index (χ0v) is 23.4. The number of aromatic nitrogens is 2. The van der Waals surface area contributed by atoms with Crippen molar-refractivity contribution in [2.75, 3.05) is 5.32 Å². The van der Waals surface area contributed by atoms with Crippen LogP contribution in [0.1, 0.15) is 53.0 Å². The topological polar surface area (TPSA) is 132 Å². The minimum Gasteiger partial charge on any atom is -0.480 e. The lowest BCUT2D eigenvalue weighted by Gasteiger charge is -2.19. The molecular formula is C29H32F2N4O6. The lowest BCUT2D eigenvalue weighted by molar-refractivity contribution is -0.139. The van der Waals surface area contributed by atoms with E-state index in [1.165, 1.54) is 11.6 Å². The second kappa shape index (κ2) is 11.7. The van der Waals surface area contributed by atoms with E-state index < -0.39 is 46.4 Å². The van der Waals surface area contributed by atoms with Crippen LogP contribution in [0.3, 0.4) is 0 Å². The third kappa shape index (κ3) is 5.64. The van der Waals surface area contributed by atoms with E-state index in [1.807, 2.05) is 13.8 Å². The fourth-order valence-electron chi connectivity index (χ4n) is 4.93. The molecule has 0 unspecified atom stereocenters. The van der Waals surface area contributed by atoms with Crippen LogP contribution in [0.5, 0.6) is 0 Å². The summed E-state index contributed by atoms with van der Waals surface area (Å²) < 4.78 is 37.6. The van der Waals surface area contributed by atoms with Crippen LogP contribution in [0.25, 0.3) is 11.1 Å². The summed E-state index contributed by atoms with van der Waals surface area (Å²) in [4.78, 5) is 50.3. The van der Waals surface area contributed by atoms with Gasteiger partial charge in [-0.05, 0) is 54.7 Å². The highest BCUT2D eigenvalue weighted by Gasteiger charge is 2.29. The van der Waals surface area contributed by atoms with E-state index >= 15 is 0 Å². The number of amides is 1. The maximum Gasteiger partial charge on any atom is 0.330 e. The van der Waals surface area contributed by atoms with E-state index in [2.05, 4.69) is 10.6 Å². The third-order valence-electron chi connectivity index (χ3n) is 7.57. The van der Waals surface area contributed by atoms with E-state index in [-0.39, 0.29) is 31.4 Å². The molecule has 1 aliphatic heterocycles. The summed E-state index contributed by atoms with van der Waals surface area (Å²) >= 11 is 0. The van der Waals surface area contributed by atoms with Gasteiger partial charge in [-0.1, -0.05) is 19.1 Å². The highest BCUT2D eigenvalue weighted by Crippen LogP contribution is 2.34. The number of carbonyl (C=O) groups is 2. The number of fused-ring (bicyclic) bond motifs is 1. The van der Waals surface area contributed by atoms with Crippen molar-refractivity contribution in [1.29, 1.82) is 0 Å². The fourth-order valence-corrected chi connectivity index (χ4v) is 4.93. The van der Waals surface area contributed by atoms with Gasteiger partial charge in [0, 0.05) is 37.9 Å². The number of nitrogens with one attached hydrogen (secondary N) is 2. The van der Waals surface area contributed by atoms with Crippen molar-refractivity contribution in [3.05, 3.63) is 84.7 Å². The first-order chi connectivity index (χ1) is 19.3. The number of nitrogens with zero attached hydrogens (tertiary/aromatic N) is 2. The maximum atomic E-state index is 14.8. The van der Waals surface area contributed by atoms with Crippen LogP contribution in [0, 0.1) is 18.6 Å². The van der Waals surface area contributed by atoms with E-state index in [9.17, 15) is 33.1 Å². The van der Waals surface area contributed by atoms with Crippen LogP contribution in [-0.2, 0) is 43.3 Å². The van der Waals surface area contributed by atoms with Crippen LogP contribution in [0.15, 0.2) is 33.9 Å². The van der Waals surface area contributed by atoms with E-state index in [0.717, 1.165) is 16.7 Å². The molecule has 0 spiro atoms. The predicted octanol–water partition coefficient (Wildman–Crippen LogP) is 3.00. The Kier molecular flexibility index (Phi) is 8.43. The molecule has 2 atom stereocenters. The molecule has 0 saturated heterocycles. The molecule has 1 aromatic heterocycles. The molecule has 3 aromatic rings. The molecule has 12 heteroatoms. The summed E-state index contributed by atoms with van der Waals surface area (Å²) in [5.41, 5.74) is 1.54. The van der Waals surface area contributed by atoms with E-state index in [1.54, 1.807) is 26.1 Å². The van der Waals surface area contributed by atoms with Gasteiger partial charge in [0.25, 0.3) is 11.5 Å². The standard InChI is InChI=1S/C29H32F2N4O6/c1-6-14(2)32-17-10-21(30)25(22(31)11-17)26(36)33-23(28(38)39)9-16-7-8-18(20-13-41-12-19(16)20)24-15(3)34(4)29(40)35(5)27(24)37/h7-8,10-11,14,23,32H,6,9,12-13H2,1-5H3,(H,33,36)(H,38,39)/t14-,23-/m0/s1. The monoisotopic (exact) mass is 570 g/mol. The highest BCUT2D eigenvalue weighted by molar-refractivity contribution is 5.97. The van der Waals surface area contributed by atoms with Gasteiger partial charge >= 0.3 is 11.7 Å². The van der Waals surface area contributed by atoms with Crippen LogP contribution >= 0.6 is 0 Å². The number of halogens is 2. The molecule has 4 rings (SSSR count). The summed E-state index contributed by atoms with van der Waals surface area (Å²) in [5.74, 6) is -4.83. The first kappa shape index (κ1) is 29.7. The molecule has 0 aliphatic carbocycles. The molecule has 0 radical (unpaired) electrons. The molecule has 0 bridgehead atoms. The molecule has 41 heavy (non-hydrogen) atoms. The van der Waals surface area contributed by atoms with Crippen molar-refractivity contribution < 1.29 is 28.2 Å². The number of aliphatic carboxylic acids is 1. The van der Waals surface area contributed by atoms with Crippen molar-refractivity contribution in [3.8, 4) is 11.1 Å². The largest absolute Gasteiger partial charge is 0.480 e. The summed E-state index contributed by atoms with van der Waals surface area (Å²) in [6, 6.07) is 3.71. The van der Waals surface area contributed by atoms with Gasteiger partial charge in [0.05, 0.1) is 18.8 Å². The van der Waals surface area contributed by atoms with Crippen molar-refractivity contribution in [1.82, 2.24) is 14.5 Å². The van der Waals surface area contributed by atoms with Crippen molar-refractivity contribution in [2.45, 2.75) is 58.9 Å². The number of carboxylic acids is 1. The average molecular weight is 571 g/mol. The number of anilines is 1. The van der Waals surface area contributed by atoms with Gasteiger partial charge < -0.3 is 25.0 Å². The van der Waals surface area contributed by atoms with Crippen molar-refractivity contribution >= 4 is 17.6 Å². The molecule has 0 saturated carbocycles. The molecule has 10 nitrogen and oxygen atoms in total. The average Bonchev–Trinajstić information content (AvgIpc) is 3.41. The molecule has 1 amide bonds. The lowest BCUT2D eigenvalue weighted by Crippen LogP contribution is -2.43. The Bertz CT molecular complexity index is 1640. The van der Waals surface area contributed by atoms with Gasteiger partial charge in [-0.25, -0.2) is 18.4 Å². The molecule has 0 fully saturated rings. The Balaban J connectivity index is 1.65. The quantitative estimate of drug-likeness (QED) is 0.360. The summed E-state index contributed by atoms with van der Waals surface area (Å²) in [7, 11) is 2.95. The van der Waals surface area contributed by atoms with Gasteiger partial charge in [0.15, 0.2) is 0 Å². The number of hydrogen-bond acceptors (Lipinski definition) is 6. The Labute approximate surface area is 234 Å². The van der Waals surface area contributed by atoms with Gasteiger partial charge in [0.1, 0.15) is 23.2 Å². The molecule has 218 valence electrons. The van der Waals surface area contributed by atoms with Crippen LogP contribution in [0.4, 0.5) is 14.5 Å². The zero-order chi connectivity index (χ0) is 30.2. The van der Waals surface area contributed by atoms with Crippen molar-refractivity contribution in [3.63, 3.8) is 0 Å². The lowest BCUT2D eigenvalue weighted by atomic mass is 9.90. The van der Waals surface area contributed by atoms with E-state index in [4.69, 9.17) is 4.74 Å². The van der Waals surface area contributed by atoms with Gasteiger partial charge in [-0.3, -0.25) is 14.2 Å². The summed E-state index contributed by atoms with van der Waals surface area (Å²) in [6.45, 7) is 5.69. The second-order valence-corrected chi connectivity index (χ2v) is 10.2. The first-order valence-corrected chi connectivity index (χ1v) is 13.1. The number of benzene rings is 2. The second-order valence-electron chi connectivity index (χ2n) is 10.2. The molecule has 2 heterocycles. The van der Waals surface area contributed by atoms with Crippen molar-refractivity contribution in [2.24, 2.45) is 14.1 Å². The molecule has 1 aliphatic rings. The van der Waals surface area contributed by atoms with Crippen LogP contribution < -0.4 is 21.9 Å². The molecule has 2 aromatic carbocycles. The number of hydrogen-bond donors (Lipinski definition) is 3. The van der Waals surface area contributed by atoms with Crippen LogP contribution in [0.2, 0.25) is 0 Å². The Morgan fingerprint density at radius 1 is 1.07 bits per heavy atom. The SMILES string of the molecule is CC[C@H](C)Nc1cc(F)c(C(=O)N[C@@H](Cc2ccc(-c3c(C)n(C)c(=O)n(C)c3=O)c3c2COC3)C(=O)O)c(F)c1. The normalized spacial score (nSPS) is 13.9. The third-order valence-corrected chi connectivity index (χ3v) is 7.57. The number of carbonyl (C=O) groups excluding carboxylic acids is 1. The Morgan fingerprint density at radius 3 is 2.32 bits per heavy atom. The number of ether oxygens (including phenoxy) is 1. The number of carboxylic acid groups (broad SMARTS) is 1. The Morgan fingerprint density at radius 2 is 1.71 bits per heavy atom. The maximum absolute atomic E-state index is 14.8. The van der Waals surface area contributed by atoms with E-state index in [0.29, 0.717) is 39.9 Å². The van der Waals surface area contributed by atoms with Crippen LogP contribution in [-0.4, -0.2) is 38.2 Å². The van der Waals surface area contributed by atoms with Gasteiger partial charge in [-0.2, -0.15) is 0 Å². The zero-order valence-electron chi connectivity index (χ0n) is 23.4. The minimum absolute atomic E-state index is 0.0530. The summed E-state index contributed by atoms with van der Waals surface area (Å²) in [5, 5.41) is 15.0. The molecular weight excluding hydrogens is 538 g/mol. The molecule has 3 N–H and O–H groups in total. The van der Waals surface area contributed by atoms with Gasteiger partial charge in [-0.15, -0.1) is 0 Å². The first-order valence-electron chi connectivity index (χ1n) is 13.1. The highest BCUT2D eigenvalue weighted by atomic mass is 19.1. The predicted molar refractivity (Wildman–Crippen MR) is 148 cm³/mol. The van der Waals surface area contributed by atoms with Gasteiger partial charge in [0.2, 0.25) is 0 Å². The number of rotatable bonds is 9. The Hall–Kier alpha value is -4.32. The smallest absolute Gasteiger partial charge is 0.330 e. The summed E-state index contributed by atoms with van der Waals surface area (Å²) in [6.07, 6.45) is 0.511.